The van der Waals surface area contributed by atoms with Gasteiger partial charge in [-0.05, 0) is 11.1 Å². The summed E-state index contributed by atoms with van der Waals surface area (Å²) < 4.78 is 0. The van der Waals surface area contributed by atoms with E-state index in [9.17, 15) is 19.5 Å². The molecule has 0 spiro atoms. The molecule has 0 unspecified atom stereocenters. The van der Waals surface area contributed by atoms with Crippen LogP contribution in [0.2, 0.25) is 0 Å². The van der Waals surface area contributed by atoms with Crippen molar-refractivity contribution in [3.05, 3.63) is 71.8 Å². The molecular formula is C18H18N2O4. The molecule has 2 amide bonds. The predicted molar refractivity (Wildman–Crippen MR) is 88.1 cm³/mol. The Morgan fingerprint density at radius 2 is 1.38 bits per heavy atom. The number of carboxylic acid groups (broad SMARTS) is 1. The Labute approximate surface area is 139 Å². The van der Waals surface area contributed by atoms with Crippen molar-refractivity contribution in [3.63, 3.8) is 0 Å². The van der Waals surface area contributed by atoms with Gasteiger partial charge in [-0.2, -0.15) is 0 Å². The van der Waals surface area contributed by atoms with Crippen LogP contribution in [0.4, 0.5) is 0 Å². The van der Waals surface area contributed by atoms with Crippen LogP contribution in [0.5, 0.6) is 0 Å². The van der Waals surface area contributed by atoms with Gasteiger partial charge in [-0.1, -0.05) is 60.7 Å². The van der Waals surface area contributed by atoms with E-state index in [-0.39, 0.29) is 0 Å². The maximum atomic E-state index is 12.7. The lowest BCUT2D eigenvalue weighted by molar-refractivity contribution is -0.143. The number of carboxylic acids is 1. The Morgan fingerprint density at radius 3 is 1.75 bits per heavy atom. The minimum atomic E-state index is -1.36. The molecule has 0 radical (unpaired) electrons. The van der Waals surface area contributed by atoms with Crippen molar-refractivity contribution in [2.45, 2.75) is 18.4 Å². The Balaban J connectivity index is 2.32. The van der Waals surface area contributed by atoms with Crippen LogP contribution in [0.3, 0.4) is 0 Å². The van der Waals surface area contributed by atoms with Gasteiger partial charge < -0.3 is 16.2 Å². The van der Waals surface area contributed by atoms with Crippen LogP contribution in [-0.2, 0) is 14.4 Å². The van der Waals surface area contributed by atoms with Crippen LogP contribution in [0.1, 0.15) is 23.5 Å². The molecule has 2 aromatic rings. The number of benzene rings is 2. The third-order valence-electron chi connectivity index (χ3n) is 3.55. The summed E-state index contributed by atoms with van der Waals surface area (Å²) >= 11 is 0. The Hall–Kier alpha value is -3.15. The Bertz CT molecular complexity index is 677. The zero-order valence-electron chi connectivity index (χ0n) is 12.9. The van der Waals surface area contributed by atoms with Gasteiger partial charge in [0.05, 0.1) is 12.3 Å². The first-order valence-electron chi connectivity index (χ1n) is 7.40. The monoisotopic (exact) mass is 326 g/mol. The van der Waals surface area contributed by atoms with Crippen LogP contribution in [-0.4, -0.2) is 28.9 Å². The van der Waals surface area contributed by atoms with Gasteiger partial charge in [0.2, 0.25) is 11.8 Å². The van der Waals surface area contributed by atoms with Crippen LogP contribution >= 0.6 is 0 Å². The summed E-state index contributed by atoms with van der Waals surface area (Å²) in [6.45, 7) is 0. The summed E-state index contributed by atoms with van der Waals surface area (Å²) in [6.07, 6.45) is -0.461. The van der Waals surface area contributed by atoms with E-state index in [0.717, 1.165) is 11.1 Å². The largest absolute Gasteiger partial charge is 0.480 e. The summed E-state index contributed by atoms with van der Waals surface area (Å²) in [5.41, 5.74) is 6.50. The minimum Gasteiger partial charge on any atom is -0.480 e. The third kappa shape index (κ3) is 4.42. The van der Waals surface area contributed by atoms with Gasteiger partial charge in [0.15, 0.2) is 0 Å². The molecule has 0 aliphatic carbocycles. The highest BCUT2D eigenvalue weighted by Gasteiger charge is 2.28. The van der Waals surface area contributed by atoms with Crippen LogP contribution in [0.15, 0.2) is 60.7 Å². The zero-order chi connectivity index (χ0) is 17.5. The number of amides is 2. The molecule has 24 heavy (non-hydrogen) atoms. The molecule has 0 aliphatic heterocycles. The van der Waals surface area contributed by atoms with Gasteiger partial charge in [-0.3, -0.25) is 9.59 Å². The molecule has 2 aromatic carbocycles. The van der Waals surface area contributed by atoms with Crippen molar-refractivity contribution in [1.82, 2.24) is 5.32 Å². The third-order valence-corrected chi connectivity index (χ3v) is 3.55. The molecule has 0 fully saturated rings. The molecule has 2 rings (SSSR count). The zero-order valence-corrected chi connectivity index (χ0v) is 12.9. The maximum absolute atomic E-state index is 12.7. The SMILES string of the molecule is NC(=O)C[C@H](NC(=O)C(c1ccccc1)c1ccccc1)C(=O)O. The van der Waals surface area contributed by atoms with Crippen LogP contribution < -0.4 is 11.1 Å². The second-order valence-corrected chi connectivity index (χ2v) is 5.32. The van der Waals surface area contributed by atoms with Crippen LogP contribution in [0, 0.1) is 0 Å². The fourth-order valence-corrected chi connectivity index (χ4v) is 2.44. The average molecular weight is 326 g/mol. The number of aliphatic carboxylic acids is 1. The topological polar surface area (TPSA) is 109 Å². The van der Waals surface area contributed by atoms with E-state index in [2.05, 4.69) is 5.32 Å². The molecule has 0 aliphatic rings. The van der Waals surface area contributed by atoms with Crippen molar-refractivity contribution >= 4 is 17.8 Å². The number of primary amides is 1. The highest BCUT2D eigenvalue weighted by Crippen LogP contribution is 2.25. The molecule has 0 saturated carbocycles. The van der Waals surface area contributed by atoms with Crippen molar-refractivity contribution in [3.8, 4) is 0 Å². The summed E-state index contributed by atoms with van der Waals surface area (Å²) in [6, 6.07) is 16.7. The first-order chi connectivity index (χ1) is 11.5. The summed E-state index contributed by atoms with van der Waals surface area (Å²) in [5, 5.41) is 11.6. The van der Waals surface area contributed by atoms with E-state index in [4.69, 9.17) is 5.73 Å². The van der Waals surface area contributed by atoms with Crippen molar-refractivity contribution in [2.24, 2.45) is 5.73 Å². The minimum absolute atomic E-state index is 0.461. The molecule has 0 heterocycles. The fourth-order valence-electron chi connectivity index (χ4n) is 2.44. The normalized spacial score (nSPS) is 11.7. The van der Waals surface area contributed by atoms with E-state index in [1.165, 1.54) is 0 Å². The lowest BCUT2D eigenvalue weighted by Gasteiger charge is -2.20. The van der Waals surface area contributed by atoms with Crippen molar-refractivity contribution < 1.29 is 19.5 Å². The molecule has 0 saturated heterocycles. The Kier molecular flexibility index (Phi) is 5.68. The van der Waals surface area contributed by atoms with Crippen molar-refractivity contribution in [1.29, 1.82) is 0 Å². The standard InChI is InChI=1S/C18H18N2O4/c19-15(21)11-14(18(23)24)20-17(22)16(12-7-3-1-4-8-12)13-9-5-2-6-10-13/h1-10,14,16H,11H2,(H2,19,21)(H,20,22)(H,23,24)/t14-/m0/s1. The molecule has 6 nitrogen and oxygen atoms in total. The highest BCUT2D eigenvalue weighted by atomic mass is 16.4. The van der Waals surface area contributed by atoms with E-state index < -0.39 is 36.2 Å². The van der Waals surface area contributed by atoms with E-state index in [1.807, 2.05) is 12.1 Å². The number of carbonyl (C=O) groups is 3. The smallest absolute Gasteiger partial charge is 0.326 e. The molecule has 124 valence electrons. The second kappa shape index (κ2) is 7.92. The molecule has 4 N–H and O–H groups in total. The van der Waals surface area contributed by atoms with Gasteiger partial charge in [-0.15, -0.1) is 0 Å². The Morgan fingerprint density at radius 1 is 0.917 bits per heavy atom. The number of hydrogen-bond donors (Lipinski definition) is 3. The van der Waals surface area contributed by atoms with E-state index >= 15 is 0 Å². The van der Waals surface area contributed by atoms with Gasteiger partial charge in [-0.25, -0.2) is 4.79 Å². The lowest BCUT2D eigenvalue weighted by Crippen LogP contribution is -2.45. The molecule has 1 atom stereocenters. The molecule has 0 aromatic heterocycles. The number of nitrogens with one attached hydrogen (secondary N) is 1. The second-order valence-electron chi connectivity index (χ2n) is 5.32. The van der Waals surface area contributed by atoms with Gasteiger partial charge in [0.25, 0.3) is 0 Å². The molecule has 0 bridgehead atoms. The number of nitrogens with two attached hydrogens (primary N) is 1. The lowest BCUT2D eigenvalue weighted by atomic mass is 9.90. The summed E-state index contributed by atoms with van der Waals surface area (Å²) in [7, 11) is 0. The van der Waals surface area contributed by atoms with Gasteiger partial charge in [0.1, 0.15) is 6.04 Å². The maximum Gasteiger partial charge on any atom is 0.326 e. The predicted octanol–water partition coefficient (Wildman–Crippen LogP) is 1.26. The summed E-state index contributed by atoms with van der Waals surface area (Å²) in [5.74, 6) is -3.27. The highest BCUT2D eigenvalue weighted by molar-refractivity contribution is 5.92. The number of carbonyl (C=O) groups excluding carboxylic acids is 2. The molecular weight excluding hydrogens is 308 g/mol. The van der Waals surface area contributed by atoms with E-state index in [1.54, 1.807) is 48.5 Å². The first kappa shape index (κ1) is 17.2. The number of hydrogen-bond acceptors (Lipinski definition) is 3. The van der Waals surface area contributed by atoms with E-state index in [0.29, 0.717) is 0 Å². The number of rotatable bonds is 7. The van der Waals surface area contributed by atoms with Crippen molar-refractivity contribution in [2.75, 3.05) is 0 Å². The average Bonchev–Trinajstić information content (AvgIpc) is 2.56. The first-order valence-corrected chi connectivity index (χ1v) is 7.40. The molecule has 6 heteroatoms. The van der Waals surface area contributed by atoms with Crippen LogP contribution in [0.25, 0.3) is 0 Å². The summed E-state index contributed by atoms with van der Waals surface area (Å²) in [4.78, 5) is 35.0. The van der Waals surface area contributed by atoms with Gasteiger partial charge >= 0.3 is 5.97 Å². The van der Waals surface area contributed by atoms with Gasteiger partial charge in [0, 0.05) is 0 Å². The fraction of sp³-hybridized carbons (Fsp3) is 0.167. The quantitative estimate of drug-likeness (QED) is 0.711.